The van der Waals surface area contributed by atoms with E-state index in [1.807, 2.05) is 66.5 Å². The third kappa shape index (κ3) is 5.16. The molecule has 1 aromatic carbocycles. The molecule has 1 unspecified atom stereocenters. The summed E-state index contributed by atoms with van der Waals surface area (Å²) >= 11 is 1.54. The van der Waals surface area contributed by atoms with Gasteiger partial charge in [-0.3, -0.25) is 14.4 Å². The number of aliphatic hydroxyl groups is 1. The van der Waals surface area contributed by atoms with Crippen molar-refractivity contribution in [2.45, 2.75) is 87.9 Å². The summed E-state index contributed by atoms with van der Waals surface area (Å²) in [7, 11) is 0. The highest BCUT2D eigenvalue weighted by atomic mass is 32.2. The third-order valence-electron chi connectivity index (χ3n) is 9.07. The summed E-state index contributed by atoms with van der Waals surface area (Å²) in [6.07, 6.45) is 9.90. The van der Waals surface area contributed by atoms with E-state index in [1.165, 1.54) is 0 Å². The lowest BCUT2D eigenvalue weighted by molar-refractivity contribution is -0.155. The molecule has 2 amide bonds. The molecule has 0 radical (unpaired) electrons. The Bertz CT molecular complexity index is 1250. The molecular weight excluding hydrogens is 536 g/mol. The van der Waals surface area contributed by atoms with Crippen LogP contribution < -0.4 is 0 Å². The van der Waals surface area contributed by atoms with Crippen LogP contribution in [0.3, 0.4) is 0 Å². The summed E-state index contributed by atoms with van der Waals surface area (Å²) in [4.78, 5) is 46.7. The first-order valence-electron chi connectivity index (χ1n) is 14.7. The Balaban J connectivity index is 1.66. The Morgan fingerprint density at radius 3 is 2.39 bits per heavy atom. The second-order valence-electron chi connectivity index (χ2n) is 14.0. The number of cyclic esters (lactones) is 1. The number of ether oxygens (including phenoxy) is 1. The first-order chi connectivity index (χ1) is 19.2. The van der Waals surface area contributed by atoms with Gasteiger partial charge < -0.3 is 19.6 Å². The molecule has 4 aliphatic rings. The smallest absolute Gasteiger partial charge is 0.311 e. The van der Waals surface area contributed by atoms with Gasteiger partial charge in [-0.05, 0) is 51.0 Å². The van der Waals surface area contributed by atoms with Gasteiger partial charge in [-0.1, -0.05) is 75.4 Å². The molecule has 5 rings (SSSR count). The van der Waals surface area contributed by atoms with Gasteiger partial charge in [-0.2, -0.15) is 0 Å². The molecular formula is C33H44N2O5S. The van der Waals surface area contributed by atoms with Gasteiger partial charge in [-0.25, -0.2) is 0 Å². The van der Waals surface area contributed by atoms with Crippen LogP contribution in [0, 0.1) is 17.3 Å². The number of amides is 2. The number of fused-ring (bicyclic) bond motifs is 2. The molecule has 6 atom stereocenters. The Morgan fingerprint density at radius 2 is 1.73 bits per heavy atom. The maximum absolute atomic E-state index is 14.9. The van der Waals surface area contributed by atoms with E-state index in [2.05, 4.69) is 34.6 Å². The zero-order chi connectivity index (χ0) is 29.8. The highest BCUT2D eigenvalue weighted by molar-refractivity contribution is 8.02. The number of nitrogens with zero attached hydrogens (tertiary/aromatic N) is 2. The van der Waals surface area contributed by atoms with Crippen LogP contribution in [-0.4, -0.2) is 79.6 Å². The van der Waals surface area contributed by atoms with Crippen molar-refractivity contribution in [2.75, 3.05) is 19.8 Å². The van der Waals surface area contributed by atoms with E-state index in [0.29, 0.717) is 19.4 Å². The van der Waals surface area contributed by atoms with E-state index in [4.69, 9.17) is 4.74 Å². The Labute approximate surface area is 248 Å². The van der Waals surface area contributed by atoms with Crippen molar-refractivity contribution < 1.29 is 24.2 Å². The molecule has 0 aliphatic carbocycles. The fourth-order valence-corrected chi connectivity index (χ4v) is 10.0. The topological polar surface area (TPSA) is 87.2 Å². The summed E-state index contributed by atoms with van der Waals surface area (Å²) in [5.41, 5.74) is 0.458. The highest BCUT2D eigenvalue weighted by Gasteiger charge is 2.74. The van der Waals surface area contributed by atoms with Crippen LogP contribution in [0.4, 0.5) is 0 Å². The van der Waals surface area contributed by atoms with E-state index in [9.17, 15) is 19.5 Å². The van der Waals surface area contributed by atoms with E-state index >= 15 is 0 Å². The van der Waals surface area contributed by atoms with Crippen molar-refractivity contribution in [3.63, 3.8) is 0 Å². The van der Waals surface area contributed by atoms with Crippen LogP contribution in [-0.2, 0) is 25.5 Å². The molecule has 4 heterocycles. The van der Waals surface area contributed by atoms with Crippen LogP contribution in [0.25, 0.3) is 0 Å². The summed E-state index contributed by atoms with van der Waals surface area (Å²) in [6, 6.07) is 8.24. The minimum absolute atomic E-state index is 0.0261. The molecule has 4 aliphatic heterocycles. The largest absolute Gasteiger partial charge is 0.465 e. The van der Waals surface area contributed by atoms with Gasteiger partial charge in [0.1, 0.15) is 6.04 Å². The molecule has 2 fully saturated rings. The van der Waals surface area contributed by atoms with Crippen molar-refractivity contribution in [2.24, 2.45) is 17.3 Å². The van der Waals surface area contributed by atoms with Gasteiger partial charge in [0.15, 0.2) is 0 Å². The van der Waals surface area contributed by atoms with E-state index < -0.39 is 44.9 Å². The molecule has 0 saturated carbocycles. The minimum Gasteiger partial charge on any atom is -0.465 e. The van der Waals surface area contributed by atoms with Crippen molar-refractivity contribution in [1.29, 1.82) is 0 Å². The second-order valence-corrected chi connectivity index (χ2v) is 15.8. The van der Waals surface area contributed by atoms with Crippen molar-refractivity contribution >= 4 is 29.5 Å². The molecule has 41 heavy (non-hydrogen) atoms. The summed E-state index contributed by atoms with van der Waals surface area (Å²) < 4.78 is 3.97. The first-order valence-corrected chi connectivity index (χ1v) is 15.6. The third-order valence-corrected chi connectivity index (χ3v) is 10.9. The monoisotopic (exact) mass is 580 g/mol. The van der Waals surface area contributed by atoms with Gasteiger partial charge in [0.05, 0.1) is 35.8 Å². The molecule has 222 valence electrons. The fourth-order valence-electron chi connectivity index (χ4n) is 7.90. The van der Waals surface area contributed by atoms with Crippen LogP contribution in [0.1, 0.15) is 59.9 Å². The normalized spacial score (nSPS) is 32.6. The van der Waals surface area contributed by atoms with Gasteiger partial charge in [0.2, 0.25) is 11.8 Å². The lowest BCUT2D eigenvalue weighted by atomic mass is 9.74. The van der Waals surface area contributed by atoms with E-state index in [1.54, 1.807) is 16.7 Å². The molecule has 2 saturated heterocycles. The molecule has 7 nitrogen and oxygen atoms in total. The van der Waals surface area contributed by atoms with Gasteiger partial charge in [0, 0.05) is 16.8 Å². The number of esters is 1. The Kier molecular flexibility index (Phi) is 7.73. The number of hydrogen-bond acceptors (Lipinski definition) is 6. The number of carbonyl (C=O) groups excluding carboxylic acids is 3. The second kappa shape index (κ2) is 10.6. The number of hydrogen-bond donors (Lipinski definition) is 1. The van der Waals surface area contributed by atoms with Gasteiger partial charge in [0.25, 0.3) is 0 Å². The van der Waals surface area contributed by atoms with Crippen molar-refractivity contribution in [3.8, 4) is 0 Å². The van der Waals surface area contributed by atoms with Gasteiger partial charge >= 0.3 is 5.97 Å². The predicted octanol–water partition coefficient (Wildman–Crippen LogP) is 4.39. The number of likely N-dealkylation sites (tertiary alicyclic amines) is 1. The van der Waals surface area contributed by atoms with Crippen LogP contribution in [0.2, 0.25) is 0 Å². The summed E-state index contributed by atoms with van der Waals surface area (Å²) in [6.45, 7) is 13.1. The summed E-state index contributed by atoms with van der Waals surface area (Å²) in [5, 5.41) is 10.7. The quantitative estimate of drug-likeness (QED) is 0.397. The Hall–Kier alpha value is -2.58. The zero-order valence-corrected chi connectivity index (χ0v) is 25.9. The lowest BCUT2D eigenvalue weighted by Gasteiger charge is -2.45. The fraction of sp³-hybridized carbons (Fsp3) is 0.606. The maximum Gasteiger partial charge on any atom is 0.311 e. The highest BCUT2D eigenvalue weighted by Crippen LogP contribution is 2.65. The van der Waals surface area contributed by atoms with Crippen LogP contribution in [0.5, 0.6) is 0 Å². The molecule has 0 aromatic heterocycles. The van der Waals surface area contributed by atoms with Crippen LogP contribution >= 0.6 is 11.8 Å². The van der Waals surface area contributed by atoms with Gasteiger partial charge in [-0.15, -0.1) is 11.8 Å². The number of benzene rings is 1. The maximum atomic E-state index is 14.9. The molecule has 8 heteroatoms. The standard InChI is InChI=1S/C33H44N2O5S/c1-30(2,3)21-31(4,5)34-17-12-16-33-24(25-29(39)40-18-11-10-15-32(25,6)41-33)27(37)35(26(33)28(34)38)23(20-36)19-22-13-8-7-9-14-22/h7-10,12-16,23-26,36H,11,17-21H2,1-6H3/t23-,24+,25-,26?,32+,33+/m1/s1. The average molecular weight is 581 g/mol. The number of aliphatic hydroxyl groups excluding tert-OH is 1. The first kappa shape index (κ1) is 29.9. The Morgan fingerprint density at radius 1 is 1.02 bits per heavy atom. The SMILES string of the molecule is CC(C)(C)CC(C)(C)N1CC=C[C@]23S[C@@]4(C)C=CCCOC(=O)[C@H]4[C@H]2C(=O)N([C@@H](CO)Cc2ccccc2)C3C1=O. The summed E-state index contributed by atoms with van der Waals surface area (Å²) in [5.74, 6) is -2.31. The van der Waals surface area contributed by atoms with Crippen molar-refractivity contribution in [3.05, 3.63) is 60.2 Å². The number of rotatable bonds is 6. The van der Waals surface area contributed by atoms with E-state index in [-0.39, 0.29) is 30.4 Å². The molecule has 0 bridgehead atoms. The lowest BCUT2D eigenvalue weighted by Crippen LogP contribution is -2.61. The van der Waals surface area contributed by atoms with Crippen molar-refractivity contribution in [1.82, 2.24) is 9.80 Å². The molecule has 1 aromatic rings. The number of thioether (sulfide) groups is 1. The predicted molar refractivity (Wildman–Crippen MR) is 161 cm³/mol. The molecule has 1 spiro atoms. The van der Waals surface area contributed by atoms with Crippen LogP contribution in [0.15, 0.2) is 54.6 Å². The number of carbonyl (C=O) groups is 3. The zero-order valence-electron chi connectivity index (χ0n) is 25.1. The minimum atomic E-state index is -0.974. The average Bonchev–Trinajstić information content (AvgIpc) is 3.20. The van der Waals surface area contributed by atoms with E-state index in [0.717, 1.165) is 12.0 Å². The molecule has 1 N–H and O–H groups in total.